The van der Waals surface area contributed by atoms with Gasteiger partial charge < -0.3 is 10.2 Å². The molecule has 37 heavy (non-hydrogen) atoms. The molecular formula is C27H35Cl2N3O4S. The number of sulfonamides is 1. The van der Waals surface area contributed by atoms with Gasteiger partial charge in [0, 0.05) is 35.6 Å². The Morgan fingerprint density at radius 2 is 1.73 bits per heavy atom. The van der Waals surface area contributed by atoms with Crippen LogP contribution < -0.4 is 9.62 Å². The second-order valence-corrected chi connectivity index (χ2v) is 12.4. The van der Waals surface area contributed by atoms with Crippen LogP contribution >= 0.6 is 23.2 Å². The first kappa shape index (κ1) is 29.3. The zero-order valence-electron chi connectivity index (χ0n) is 21.5. The van der Waals surface area contributed by atoms with Gasteiger partial charge in [0.25, 0.3) is 0 Å². The number of rotatable bonds is 11. The fourth-order valence-electron chi connectivity index (χ4n) is 4.52. The van der Waals surface area contributed by atoms with Crippen LogP contribution in [0.2, 0.25) is 10.0 Å². The van der Waals surface area contributed by atoms with Crippen LogP contribution in [0.5, 0.6) is 0 Å². The van der Waals surface area contributed by atoms with E-state index in [1.807, 2.05) is 19.1 Å². The van der Waals surface area contributed by atoms with Crippen LogP contribution in [0.1, 0.15) is 56.6 Å². The number of halogens is 2. The molecular weight excluding hydrogens is 533 g/mol. The average Bonchev–Trinajstić information content (AvgIpc) is 3.34. The number of carbonyl (C=O) groups is 2. The van der Waals surface area contributed by atoms with Crippen molar-refractivity contribution in [2.45, 2.75) is 71.0 Å². The summed E-state index contributed by atoms with van der Waals surface area (Å²) in [7, 11) is -3.54. The Hall–Kier alpha value is -2.29. The lowest BCUT2D eigenvalue weighted by Crippen LogP contribution is -2.49. The predicted octanol–water partition coefficient (Wildman–Crippen LogP) is 5.32. The van der Waals surface area contributed by atoms with E-state index in [1.165, 1.54) is 9.21 Å². The normalized spacial score (nSPS) is 14.8. The zero-order chi connectivity index (χ0) is 27.2. The van der Waals surface area contributed by atoms with Gasteiger partial charge in [-0.15, -0.1) is 0 Å². The molecule has 202 valence electrons. The molecule has 2 aromatic carbocycles. The van der Waals surface area contributed by atoms with Gasteiger partial charge in [-0.1, -0.05) is 59.8 Å². The average molecular weight is 569 g/mol. The highest BCUT2D eigenvalue weighted by Crippen LogP contribution is 2.25. The van der Waals surface area contributed by atoms with Crippen molar-refractivity contribution >= 4 is 50.7 Å². The van der Waals surface area contributed by atoms with Crippen molar-refractivity contribution in [2.24, 2.45) is 0 Å². The van der Waals surface area contributed by atoms with Crippen LogP contribution in [-0.2, 0) is 26.2 Å². The third-order valence-electron chi connectivity index (χ3n) is 6.70. The lowest BCUT2D eigenvalue weighted by Gasteiger charge is -2.30. The summed E-state index contributed by atoms with van der Waals surface area (Å²) in [5.74, 6) is -0.458. The highest BCUT2D eigenvalue weighted by molar-refractivity contribution is 7.92. The van der Waals surface area contributed by atoms with Gasteiger partial charge >= 0.3 is 0 Å². The molecule has 0 heterocycles. The highest BCUT2D eigenvalue weighted by atomic mass is 35.5. The molecule has 1 unspecified atom stereocenters. The minimum atomic E-state index is -3.54. The Bertz CT molecular complexity index is 1200. The smallest absolute Gasteiger partial charge is 0.242 e. The van der Waals surface area contributed by atoms with Gasteiger partial charge in [0.2, 0.25) is 21.8 Å². The van der Waals surface area contributed by atoms with Gasteiger partial charge in [0.05, 0.1) is 11.9 Å². The molecule has 3 rings (SSSR count). The molecule has 2 aromatic rings. The molecule has 0 aromatic heterocycles. The predicted molar refractivity (Wildman–Crippen MR) is 149 cm³/mol. The number of hydrogen-bond acceptors (Lipinski definition) is 4. The Morgan fingerprint density at radius 1 is 1.08 bits per heavy atom. The van der Waals surface area contributed by atoms with Crippen molar-refractivity contribution in [2.75, 3.05) is 17.1 Å². The van der Waals surface area contributed by atoms with Gasteiger partial charge in [-0.25, -0.2) is 8.42 Å². The quantitative estimate of drug-likeness (QED) is 0.398. The number of amides is 2. The van der Waals surface area contributed by atoms with Crippen molar-refractivity contribution in [3.05, 3.63) is 63.6 Å². The first-order valence-electron chi connectivity index (χ1n) is 12.5. The molecule has 1 aliphatic carbocycles. The van der Waals surface area contributed by atoms with E-state index in [4.69, 9.17) is 23.2 Å². The fraction of sp³-hybridized carbons (Fsp3) is 0.481. The summed E-state index contributed by atoms with van der Waals surface area (Å²) < 4.78 is 26.2. The van der Waals surface area contributed by atoms with Crippen molar-refractivity contribution in [1.29, 1.82) is 0 Å². The third kappa shape index (κ3) is 8.35. The van der Waals surface area contributed by atoms with Crippen LogP contribution in [0.15, 0.2) is 42.5 Å². The summed E-state index contributed by atoms with van der Waals surface area (Å²) in [6.45, 7) is 3.92. The number of nitrogens with one attached hydrogen (secondary N) is 1. The second kappa shape index (κ2) is 13.0. The second-order valence-electron chi connectivity index (χ2n) is 9.70. The molecule has 1 saturated carbocycles. The number of hydrogen-bond donors (Lipinski definition) is 1. The van der Waals surface area contributed by atoms with Gasteiger partial charge in [-0.05, 0) is 62.9 Å². The van der Waals surface area contributed by atoms with Crippen LogP contribution in [0, 0.1) is 6.92 Å². The van der Waals surface area contributed by atoms with E-state index in [0.29, 0.717) is 27.7 Å². The van der Waals surface area contributed by atoms with E-state index >= 15 is 0 Å². The maximum Gasteiger partial charge on any atom is 0.242 e. The molecule has 1 atom stereocenters. The Kier molecular flexibility index (Phi) is 10.3. The molecule has 0 aliphatic heterocycles. The maximum atomic E-state index is 13.4. The highest BCUT2D eigenvalue weighted by Gasteiger charge is 2.29. The van der Waals surface area contributed by atoms with Crippen molar-refractivity contribution in [3.63, 3.8) is 0 Å². The summed E-state index contributed by atoms with van der Waals surface area (Å²) in [6.07, 6.45) is 5.57. The van der Waals surface area contributed by atoms with E-state index < -0.39 is 16.1 Å². The van der Waals surface area contributed by atoms with Crippen molar-refractivity contribution in [3.8, 4) is 0 Å². The molecule has 10 heteroatoms. The summed E-state index contributed by atoms with van der Waals surface area (Å²) in [5, 5.41) is 3.96. The zero-order valence-corrected chi connectivity index (χ0v) is 23.9. The number of benzene rings is 2. The van der Waals surface area contributed by atoms with Crippen LogP contribution in [0.25, 0.3) is 0 Å². The van der Waals surface area contributed by atoms with Gasteiger partial charge in [-0.3, -0.25) is 13.9 Å². The van der Waals surface area contributed by atoms with Crippen LogP contribution in [0.4, 0.5) is 5.69 Å². The van der Waals surface area contributed by atoms with Gasteiger partial charge in [0.15, 0.2) is 0 Å². The monoisotopic (exact) mass is 567 g/mol. The summed E-state index contributed by atoms with van der Waals surface area (Å²) in [6, 6.07) is 11.7. The largest absolute Gasteiger partial charge is 0.352 e. The van der Waals surface area contributed by atoms with E-state index in [9.17, 15) is 18.0 Å². The fourth-order valence-corrected chi connectivity index (χ4v) is 5.96. The van der Waals surface area contributed by atoms with E-state index in [-0.39, 0.29) is 37.4 Å². The Balaban J connectivity index is 1.74. The molecule has 0 radical (unpaired) electrons. The van der Waals surface area contributed by atoms with E-state index in [0.717, 1.165) is 37.5 Å². The summed E-state index contributed by atoms with van der Waals surface area (Å²) in [5.41, 5.74) is 2.25. The van der Waals surface area contributed by atoms with Gasteiger partial charge in [-0.2, -0.15) is 0 Å². The topological polar surface area (TPSA) is 86.8 Å². The lowest BCUT2D eigenvalue weighted by atomic mass is 10.1. The molecule has 0 saturated heterocycles. The molecule has 1 aliphatic rings. The van der Waals surface area contributed by atoms with Crippen molar-refractivity contribution < 1.29 is 18.0 Å². The number of aryl methyl sites for hydroxylation is 1. The van der Waals surface area contributed by atoms with Crippen LogP contribution in [-0.4, -0.2) is 50.0 Å². The third-order valence-corrected chi connectivity index (χ3v) is 8.48. The minimum absolute atomic E-state index is 0.0736. The van der Waals surface area contributed by atoms with Crippen LogP contribution in [0.3, 0.4) is 0 Å². The number of carbonyl (C=O) groups excluding carboxylic acids is 2. The number of anilines is 1. The molecule has 1 N–H and O–H groups in total. The first-order chi connectivity index (χ1) is 17.5. The van der Waals surface area contributed by atoms with Gasteiger partial charge in [0.1, 0.15) is 6.04 Å². The maximum absolute atomic E-state index is 13.4. The number of nitrogens with zero attached hydrogens (tertiary/aromatic N) is 2. The van der Waals surface area contributed by atoms with E-state index in [1.54, 1.807) is 37.3 Å². The SMILES string of the molecule is Cc1ccc(N(CCCC(=O)N(Cc2ccc(Cl)cc2Cl)C(C)C(=O)NC2CCCC2)S(C)(=O)=O)cc1. The summed E-state index contributed by atoms with van der Waals surface area (Å²) >= 11 is 12.4. The Labute approximate surface area is 230 Å². The molecule has 0 spiro atoms. The molecule has 1 fully saturated rings. The van der Waals surface area contributed by atoms with E-state index in [2.05, 4.69) is 5.32 Å². The molecule has 0 bridgehead atoms. The Morgan fingerprint density at radius 3 is 2.32 bits per heavy atom. The van der Waals surface area contributed by atoms with Crippen molar-refractivity contribution in [1.82, 2.24) is 10.2 Å². The first-order valence-corrected chi connectivity index (χ1v) is 15.1. The summed E-state index contributed by atoms with van der Waals surface area (Å²) in [4.78, 5) is 28.0. The standard InChI is InChI=1S/C27H35Cl2N3O4S/c1-19-10-14-24(15-11-19)32(37(3,35)36)16-6-9-26(33)31(18-21-12-13-22(28)17-25(21)29)20(2)27(34)30-23-7-4-5-8-23/h10-15,17,20,23H,4-9,16,18H2,1-3H3,(H,30,34). The lowest BCUT2D eigenvalue weighted by molar-refractivity contribution is -0.140. The molecule has 2 amide bonds. The molecule has 7 nitrogen and oxygen atoms in total. The minimum Gasteiger partial charge on any atom is -0.352 e.